The minimum atomic E-state index is -0.760. The van der Waals surface area contributed by atoms with Crippen molar-refractivity contribution in [2.24, 2.45) is 5.73 Å². The molecule has 0 aromatic carbocycles. The maximum Gasteiger partial charge on any atom is 0.191 e. The van der Waals surface area contributed by atoms with Gasteiger partial charge in [-0.3, -0.25) is 0 Å². The monoisotopic (exact) mass is 189 g/mol. The van der Waals surface area contributed by atoms with E-state index < -0.39 is 18.1 Å². The van der Waals surface area contributed by atoms with Gasteiger partial charge in [0.25, 0.3) is 0 Å². The molecule has 0 bridgehead atoms. The molecule has 2 aliphatic heterocycles. The highest BCUT2D eigenvalue weighted by Gasteiger charge is 2.52. The number of nitrogens with two attached hydrogens (primary N) is 1. The quantitative estimate of drug-likeness (QED) is 0.669. The van der Waals surface area contributed by atoms with Crippen molar-refractivity contribution in [3.63, 3.8) is 0 Å². The average molecular weight is 189 g/mol. The minimum absolute atomic E-state index is 0.169. The van der Waals surface area contributed by atoms with Gasteiger partial charge in [0.1, 0.15) is 6.04 Å². The van der Waals surface area contributed by atoms with E-state index in [0.29, 0.717) is 0 Å². The number of ether oxygens (including phenoxy) is 4. The van der Waals surface area contributed by atoms with Crippen molar-refractivity contribution in [3.05, 3.63) is 0 Å². The van der Waals surface area contributed by atoms with Gasteiger partial charge in [-0.05, 0) is 20.8 Å². The lowest BCUT2D eigenvalue weighted by Crippen LogP contribution is -2.68. The second kappa shape index (κ2) is 2.90. The molecule has 0 radical (unpaired) electrons. The first-order valence-corrected chi connectivity index (χ1v) is 4.43. The lowest BCUT2D eigenvalue weighted by atomic mass is 10.1. The Balaban J connectivity index is 1.87. The predicted molar refractivity (Wildman–Crippen MR) is 43.4 cm³/mol. The third kappa shape index (κ3) is 1.47. The first kappa shape index (κ1) is 9.36. The fourth-order valence-corrected chi connectivity index (χ4v) is 1.63. The van der Waals surface area contributed by atoms with Crippen LogP contribution >= 0.6 is 0 Å². The predicted octanol–water partition coefficient (Wildman–Crippen LogP) is 0.142. The molecule has 2 rings (SSSR count). The molecule has 1 atom stereocenters. The van der Waals surface area contributed by atoms with Crippen molar-refractivity contribution >= 4 is 0 Å². The molecule has 2 N–H and O–H groups in total. The molecule has 76 valence electrons. The van der Waals surface area contributed by atoms with Gasteiger partial charge in [-0.2, -0.15) is 0 Å². The van der Waals surface area contributed by atoms with E-state index in [1.807, 2.05) is 13.8 Å². The lowest BCUT2D eigenvalue weighted by Gasteiger charge is -2.51. The van der Waals surface area contributed by atoms with Crippen LogP contribution in [0.5, 0.6) is 0 Å². The van der Waals surface area contributed by atoms with Gasteiger partial charge in [0.15, 0.2) is 24.7 Å². The SMILES string of the molecule is CC1OC(C(N)C2(C)OC(C)O2)O1. The topological polar surface area (TPSA) is 62.9 Å². The van der Waals surface area contributed by atoms with Crippen LogP contribution in [0.15, 0.2) is 0 Å². The fourth-order valence-electron chi connectivity index (χ4n) is 1.63. The van der Waals surface area contributed by atoms with Crippen LogP contribution in [0.3, 0.4) is 0 Å². The molecule has 5 nitrogen and oxygen atoms in total. The van der Waals surface area contributed by atoms with Gasteiger partial charge >= 0.3 is 0 Å². The molecular formula is C8H15NO4. The molecular weight excluding hydrogens is 174 g/mol. The molecule has 0 amide bonds. The van der Waals surface area contributed by atoms with Crippen molar-refractivity contribution in [2.75, 3.05) is 0 Å². The molecule has 0 aliphatic carbocycles. The maximum absolute atomic E-state index is 5.84. The van der Waals surface area contributed by atoms with Gasteiger partial charge in [-0.15, -0.1) is 0 Å². The first-order valence-electron chi connectivity index (χ1n) is 4.43. The smallest absolute Gasteiger partial charge is 0.191 e. The third-order valence-corrected chi connectivity index (χ3v) is 2.35. The molecule has 2 saturated heterocycles. The Morgan fingerprint density at radius 3 is 2.08 bits per heavy atom. The molecule has 13 heavy (non-hydrogen) atoms. The van der Waals surface area contributed by atoms with Gasteiger partial charge in [-0.1, -0.05) is 0 Å². The van der Waals surface area contributed by atoms with Crippen molar-refractivity contribution in [1.29, 1.82) is 0 Å². The third-order valence-electron chi connectivity index (χ3n) is 2.35. The summed E-state index contributed by atoms with van der Waals surface area (Å²) in [6, 6.07) is -0.403. The molecule has 0 saturated carbocycles. The summed E-state index contributed by atoms with van der Waals surface area (Å²) in [4.78, 5) is 0. The van der Waals surface area contributed by atoms with E-state index in [0.717, 1.165) is 0 Å². The molecule has 2 aliphatic rings. The molecule has 2 fully saturated rings. The van der Waals surface area contributed by atoms with Crippen molar-refractivity contribution in [1.82, 2.24) is 0 Å². The number of hydrogen-bond donors (Lipinski definition) is 1. The molecule has 0 aromatic rings. The maximum atomic E-state index is 5.84. The van der Waals surface area contributed by atoms with Crippen molar-refractivity contribution in [3.8, 4) is 0 Å². The van der Waals surface area contributed by atoms with Crippen molar-refractivity contribution in [2.45, 2.75) is 51.5 Å². The molecule has 5 heteroatoms. The lowest BCUT2D eigenvalue weighted by molar-refractivity contribution is -0.478. The standard InChI is InChI=1S/C8H15NO4/c1-4-10-7(11-4)6(9)8(3)12-5(2)13-8/h4-7H,9H2,1-3H3. The van der Waals surface area contributed by atoms with E-state index in [9.17, 15) is 0 Å². The van der Waals surface area contributed by atoms with Gasteiger partial charge in [0.05, 0.1) is 0 Å². The Morgan fingerprint density at radius 1 is 1.15 bits per heavy atom. The average Bonchev–Trinajstić information content (AvgIpc) is 1.94. The minimum Gasteiger partial charge on any atom is -0.322 e. The van der Waals surface area contributed by atoms with E-state index in [2.05, 4.69) is 0 Å². The van der Waals surface area contributed by atoms with Crippen LogP contribution in [0.1, 0.15) is 20.8 Å². The summed E-state index contributed by atoms with van der Waals surface area (Å²) < 4.78 is 21.2. The molecule has 1 unspecified atom stereocenters. The Labute approximate surface area is 77.1 Å². The van der Waals surface area contributed by atoms with E-state index in [-0.39, 0.29) is 12.6 Å². The summed E-state index contributed by atoms with van der Waals surface area (Å²) in [6.07, 6.45) is -0.766. The van der Waals surface area contributed by atoms with Crippen LogP contribution in [0, 0.1) is 0 Å². The Hall–Kier alpha value is -0.200. The molecule has 0 aromatic heterocycles. The highest BCUT2D eigenvalue weighted by atomic mass is 16.9. The highest BCUT2D eigenvalue weighted by molar-refractivity contribution is 4.88. The summed E-state index contributed by atoms with van der Waals surface area (Å²) in [6.45, 7) is 5.42. The van der Waals surface area contributed by atoms with Crippen LogP contribution in [-0.4, -0.2) is 30.7 Å². The van der Waals surface area contributed by atoms with E-state index in [4.69, 9.17) is 24.7 Å². The van der Waals surface area contributed by atoms with E-state index in [1.165, 1.54) is 0 Å². The summed E-state index contributed by atoms with van der Waals surface area (Å²) in [5.74, 6) is -0.760. The van der Waals surface area contributed by atoms with Crippen molar-refractivity contribution < 1.29 is 18.9 Å². The second-order valence-corrected chi connectivity index (χ2v) is 3.55. The summed E-state index contributed by atoms with van der Waals surface area (Å²) in [7, 11) is 0. The van der Waals surface area contributed by atoms with Crippen LogP contribution in [-0.2, 0) is 18.9 Å². The van der Waals surface area contributed by atoms with Crippen LogP contribution in [0.4, 0.5) is 0 Å². The van der Waals surface area contributed by atoms with Crippen LogP contribution in [0.25, 0.3) is 0 Å². The van der Waals surface area contributed by atoms with E-state index >= 15 is 0 Å². The van der Waals surface area contributed by atoms with Crippen LogP contribution in [0.2, 0.25) is 0 Å². The van der Waals surface area contributed by atoms with Gasteiger partial charge in [-0.25, -0.2) is 0 Å². The van der Waals surface area contributed by atoms with Crippen LogP contribution < -0.4 is 5.73 Å². The Bertz CT molecular complexity index is 198. The summed E-state index contributed by atoms with van der Waals surface area (Å²) in [5.41, 5.74) is 5.84. The van der Waals surface area contributed by atoms with Gasteiger partial charge in [0.2, 0.25) is 0 Å². The zero-order chi connectivity index (χ0) is 9.64. The molecule has 2 heterocycles. The molecule has 0 spiro atoms. The summed E-state index contributed by atoms with van der Waals surface area (Å²) in [5, 5.41) is 0. The zero-order valence-electron chi connectivity index (χ0n) is 8.02. The Morgan fingerprint density at radius 2 is 1.69 bits per heavy atom. The van der Waals surface area contributed by atoms with Gasteiger partial charge < -0.3 is 24.7 Å². The van der Waals surface area contributed by atoms with E-state index in [1.54, 1.807) is 6.92 Å². The zero-order valence-corrected chi connectivity index (χ0v) is 8.02. The normalized spacial score (nSPS) is 52.2. The number of rotatable bonds is 2. The largest absolute Gasteiger partial charge is 0.322 e. The first-order chi connectivity index (χ1) is 6.01. The fraction of sp³-hybridized carbons (Fsp3) is 1.00. The highest BCUT2D eigenvalue weighted by Crippen LogP contribution is 2.35. The Kier molecular flexibility index (Phi) is 2.08. The second-order valence-electron chi connectivity index (χ2n) is 3.55. The van der Waals surface area contributed by atoms with Gasteiger partial charge in [0, 0.05) is 0 Å². The number of hydrogen-bond acceptors (Lipinski definition) is 5. The summed E-state index contributed by atoms with van der Waals surface area (Å²) >= 11 is 0.